The Morgan fingerprint density at radius 3 is 2.38 bits per heavy atom. The van der Waals surface area contributed by atoms with Crippen LogP contribution in [0, 0.1) is 6.92 Å². The van der Waals surface area contributed by atoms with Crippen LogP contribution in [0.3, 0.4) is 0 Å². The van der Waals surface area contributed by atoms with Crippen molar-refractivity contribution in [2.45, 2.75) is 72.4 Å². The highest BCUT2D eigenvalue weighted by atomic mass is 16.5. The standard InChI is InChI=1S/C23H32N4O5/c1-4-6-12-26-21-20(25(11-5-2)19(14-28)24-21)22(30)27(23(26)31)13-17(29)15-32-18-9-7-16(3)8-10-18/h7-10,17,28-29H,4-6,11-15H2,1-3H3. The number of aliphatic hydroxyl groups excluding tert-OH is 2. The van der Waals surface area contributed by atoms with Gasteiger partial charge in [-0.25, -0.2) is 9.78 Å². The van der Waals surface area contributed by atoms with Crippen molar-refractivity contribution < 1.29 is 14.9 Å². The second-order valence-electron chi connectivity index (χ2n) is 7.99. The molecule has 0 fully saturated rings. The third-order valence-corrected chi connectivity index (χ3v) is 5.37. The van der Waals surface area contributed by atoms with Gasteiger partial charge in [0.15, 0.2) is 11.2 Å². The first-order valence-electron chi connectivity index (χ1n) is 11.1. The number of aryl methyl sites for hydroxylation is 3. The smallest absolute Gasteiger partial charge is 0.332 e. The van der Waals surface area contributed by atoms with Gasteiger partial charge < -0.3 is 19.5 Å². The largest absolute Gasteiger partial charge is 0.491 e. The number of hydrogen-bond acceptors (Lipinski definition) is 6. The highest BCUT2D eigenvalue weighted by Gasteiger charge is 2.22. The van der Waals surface area contributed by atoms with Crippen molar-refractivity contribution in [1.82, 2.24) is 18.7 Å². The van der Waals surface area contributed by atoms with Gasteiger partial charge >= 0.3 is 5.69 Å². The van der Waals surface area contributed by atoms with Gasteiger partial charge in [-0.2, -0.15) is 0 Å². The maximum Gasteiger partial charge on any atom is 0.332 e. The Balaban J connectivity index is 1.99. The molecule has 0 aliphatic rings. The average Bonchev–Trinajstić information content (AvgIpc) is 3.15. The molecule has 2 aromatic heterocycles. The van der Waals surface area contributed by atoms with Gasteiger partial charge in [-0.15, -0.1) is 0 Å². The Morgan fingerprint density at radius 2 is 1.75 bits per heavy atom. The molecule has 1 atom stereocenters. The molecule has 174 valence electrons. The maximum absolute atomic E-state index is 13.3. The van der Waals surface area contributed by atoms with Crippen molar-refractivity contribution in [2.24, 2.45) is 0 Å². The summed E-state index contributed by atoms with van der Waals surface area (Å²) in [5.74, 6) is 0.955. The Labute approximate surface area is 186 Å². The summed E-state index contributed by atoms with van der Waals surface area (Å²) >= 11 is 0. The summed E-state index contributed by atoms with van der Waals surface area (Å²) in [6, 6.07) is 7.41. The molecule has 0 aliphatic heterocycles. The summed E-state index contributed by atoms with van der Waals surface area (Å²) < 4.78 is 9.81. The highest BCUT2D eigenvalue weighted by Crippen LogP contribution is 2.14. The van der Waals surface area contributed by atoms with E-state index in [0.717, 1.165) is 29.4 Å². The van der Waals surface area contributed by atoms with Crippen LogP contribution >= 0.6 is 0 Å². The van der Waals surface area contributed by atoms with E-state index in [4.69, 9.17) is 4.74 Å². The molecule has 3 rings (SSSR count). The molecule has 9 nitrogen and oxygen atoms in total. The molecule has 2 heterocycles. The van der Waals surface area contributed by atoms with E-state index < -0.39 is 17.4 Å². The van der Waals surface area contributed by atoms with Crippen LogP contribution in [0.15, 0.2) is 33.9 Å². The lowest BCUT2D eigenvalue weighted by molar-refractivity contribution is 0.0901. The van der Waals surface area contributed by atoms with Gasteiger partial charge in [0.05, 0.1) is 6.54 Å². The summed E-state index contributed by atoms with van der Waals surface area (Å²) in [6.45, 7) is 6.25. The van der Waals surface area contributed by atoms with Crippen molar-refractivity contribution >= 4 is 11.2 Å². The van der Waals surface area contributed by atoms with Gasteiger partial charge in [0.1, 0.15) is 30.9 Å². The summed E-state index contributed by atoms with van der Waals surface area (Å²) in [4.78, 5) is 30.9. The number of nitrogens with zero attached hydrogens (tertiary/aromatic N) is 4. The molecule has 9 heteroatoms. The third-order valence-electron chi connectivity index (χ3n) is 5.37. The molecule has 2 N–H and O–H groups in total. The van der Waals surface area contributed by atoms with Crippen LogP contribution in [-0.4, -0.2) is 41.6 Å². The fourth-order valence-corrected chi connectivity index (χ4v) is 3.69. The first kappa shape index (κ1) is 23.7. The van der Waals surface area contributed by atoms with Crippen LogP contribution in [0.4, 0.5) is 0 Å². The van der Waals surface area contributed by atoms with Gasteiger partial charge in [-0.1, -0.05) is 38.0 Å². The minimum Gasteiger partial charge on any atom is -0.491 e. The van der Waals surface area contributed by atoms with Gasteiger partial charge in [-0.3, -0.25) is 13.9 Å². The molecule has 1 aromatic carbocycles. The zero-order valence-electron chi connectivity index (χ0n) is 19.0. The van der Waals surface area contributed by atoms with Crippen LogP contribution in [0.25, 0.3) is 11.2 Å². The fraction of sp³-hybridized carbons (Fsp3) is 0.522. The zero-order chi connectivity index (χ0) is 23.3. The quantitative estimate of drug-likeness (QED) is 0.467. The molecule has 0 saturated heterocycles. The van der Waals surface area contributed by atoms with Crippen molar-refractivity contribution in [3.63, 3.8) is 0 Å². The summed E-state index contributed by atoms with van der Waals surface area (Å²) in [5.41, 5.74) is 0.617. The number of benzene rings is 1. The molecule has 0 radical (unpaired) electrons. The van der Waals surface area contributed by atoms with Gasteiger partial charge in [0, 0.05) is 13.1 Å². The van der Waals surface area contributed by atoms with Crippen LogP contribution in [0.5, 0.6) is 5.75 Å². The predicted octanol–water partition coefficient (Wildman–Crippen LogP) is 1.81. The van der Waals surface area contributed by atoms with Crippen LogP contribution in [-0.2, 0) is 26.2 Å². The molecule has 1 unspecified atom stereocenters. The van der Waals surface area contributed by atoms with Gasteiger partial charge in [-0.05, 0) is 31.9 Å². The van der Waals surface area contributed by atoms with E-state index in [1.54, 1.807) is 16.7 Å². The SMILES string of the molecule is CCCCn1c(=O)n(CC(O)COc2ccc(C)cc2)c(=O)c2c1nc(CO)n2CCC. The normalized spacial score (nSPS) is 12.4. The number of aliphatic hydroxyl groups is 2. The number of imidazole rings is 1. The molecule has 32 heavy (non-hydrogen) atoms. The third kappa shape index (κ3) is 4.94. The van der Waals surface area contributed by atoms with Crippen LogP contribution in [0.2, 0.25) is 0 Å². The molecular formula is C23H32N4O5. The maximum atomic E-state index is 13.3. The van der Waals surface area contributed by atoms with E-state index >= 15 is 0 Å². The van der Waals surface area contributed by atoms with E-state index in [1.165, 1.54) is 4.57 Å². The lowest BCUT2D eigenvalue weighted by atomic mass is 10.2. The molecule has 0 aliphatic carbocycles. The second-order valence-corrected chi connectivity index (χ2v) is 7.99. The van der Waals surface area contributed by atoms with E-state index in [2.05, 4.69) is 4.98 Å². The Hall–Kier alpha value is -2.91. The number of ether oxygens (including phenoxy) is 1. The van der Waals surface area contributed by atoms with Gasteiger partial charge in [0.25, 0.3) is 5.56 Å². The van der Waals surface area contributed by atoms with Crippen molar-refractivity contribution in [3.8, 4) is 5.75 Å². The van der Waals surface area contributed by atoms with E-state index in [0.29, 0.717) is 24.7 Å². The first-order chi connectivity index (χ1) is 15.4. The number of fused-ring (bicyclic) bond motifs is 1. The van der Waals surface area contributed by atoms with E-state index in [-0.39, 0.29) is 30.9 Å². The zero-order valence-corrected chi connectivity index (χ0v) is 19.0. The molecule has 0 spiro atoms. The van der Waals surface area contributed by atoms with Crippen LogP contribution < -0.4 is 16.0 Å². The number of unbranched alkanes of at least 4 members (excludes halogenated alkanes) is 1. The topological polar surface area (TPSA) is 112 Å². The predicted molar refractivity (Wildman–Crippen MR) is 122 cm³/mol. The molecular weight excluding hydrogens is 412 g/mol. The summed E-state index contributed by atoms with van der Waals surface area (Å²) in [5, 5.41) is 20.3. The Morgan fingerprint density at radius 1 is 1.03 bits per heavy atom. The Bertz CT molecular complexity index is 1160. The van der Waals surface area contributed by atoms with Crippen molar-refractivity contribution in [3.05, 3.63) is 56.5 Å². The minimum atomic E-state index is -1.06. The highest BCUT2D eigenvalue weighted by molar-refractivity contribution is 5.71. The molecule has 0 amide bonds. The van der Waals surface area contributed by atoms with Crippen LogP contribution in [0.1, 0.15) is 44.5 Å². The number of aromatic nitrogens is 4. The summed E-state index contributed by atoms with van der Waals surface area (Å²) in [6.07, 6.45) is 1.28. The Kier molecular flexibility index (Phi) is 7.87. The van der Waals surface area contributed by atoms with Crippen molar-refractivity contribution in [1.29, 1.82) is 0 Å². The molecule has 3 aromatic rings. The lowest BCUT2D eigenvalue weighted by Gasteiger charge is -2.16. The molecule has 0 bridgehead atoms. The van der Waals surface area contributed by atoms with E-state index in [1.807, 2.05) is 32.9 Å². The fourth-order valence-electron chi connectivity index (χ4n) is 3.69. The lowest BCUT2D eigenvalue weighted by Crippen LogP contribution is -2.44. The minimum absolute atomic E-state index is 0.0575. The number of hydrogen-bond donors (Lipinski definition) is 2. The second kappa shape index (κ2) is 10.6. The average molecular weight is 445 g/mol. The van der Waals surface area contributed by atoms with Gasteiger partial charge in [0.2, 0.25) is 0 Å². The van der Waals surface area contributed by atoms with Crippen molar-refractivity contribution in [2.75, 3.05) is 6.61 Å². The monoisotopic (exact) mass is 444 g/mol. The van der Waals surface area contributed by atoms with E-state index in [9.17, 15) is 19.8 Å². The number of rotatable bonds is 11. The summed E-state index contributed by atoms with van der Waals surface area (Å²) in [7, 11) is 0. The molecule has 0 saturated carbocycles. The first-order valence-corrected chi connectivity index (χ1v) is 11.1.